The normalized spacial score (nSPS) is 11.6. The number of carboxylic acid groups (broad SMARTS) is 1. The second kappa shape index (κ2) is 7.34. The molecule has 20 heavy (non-hydrogen) atoms. The van der Waals surface area contributed by atoms with Gasteiger partial charge in [0.15, 0.2) is 6.10 Å². The average Bonchev–Trinajstić information content (AvgIpc) is 2.45. The van der Waals surface area contributed by atoms with Crippen molar-refractivity contribution < 1.29 is 29.3 Å². The zero-order chi connectivity index (χ0) is 15.1. The zero-order valence-electron chi connectivity index (χ0n) is 11.3. The summed E-state index contributed by atoms with van der Waals surface area (Å²) in [5.74, 6) is -1.09. The second-order valence-corrected chi connectivity index (χ2v) is 3.94. The first-order valence-electron chi connectivity index (χ1n) is 5.91. The Kier molecular flexibility index (Phi) is 5.79. The molecule has 0 heterocycles. The summed E-state index contributed by atoms with van der Waals surface area (Å²) in [7, 11) is 2.86. The van der Waals surface area contributed by atoms with E-state index in [0.717, 1.165) is 0 Å². The lowest BCUT2D eigenvalue weighted by Gasteiger charge is -2.13. The van der Waals surface area contributed by atoms with Crippen LogP contribution in [0.2, 0.25) is 0 Å². The van der Waals surface area contributed by atoms with Gasteiger partial charge in [-0.05, 0) is 12.1 Å². The lowest BCUT2D eigenvalue weighted by Crippen LogP contribution is -2.30. The first kappa shape index (κ1) is 15.8. The molecule has 110 valence electrons. The van der Waals surface area contributed by atoms with E-state index in [1.54, 1.807) is 18.2 Å². The van der Waals surface area contributed by atoms with Gasteiger partial charge in [0.05, 0.1) is 14.2 Å². The molecule has 3 N–H and O–H groups in total. The number of carbonyl (C=O) groups is 2. The molecule has 7 nitrogen and oxygen atoms in total. The minimum atomic E-state index is -1.50. The van der Waals surface area contributed by atoms with Gasteiger partial charge in [0, 0.05) is 13.0 Å². The number of aliphatic hydroxyl groups is 1. The van der Waals surface area contributed by atoms with E-state index in [9.17, 15) is 9.59 Å². The highest BCUT2D eigenvalue weighted by Crippen LogP contribution is 2.27. The third kappa shape index (κ3) is 3.86. The highest BCUT2D eigenvalue weighted by Gasteiger charge is 2.19. The van der Waals surface area contributed by atoms with Crippen LogP contribution >= 0.6 is 0 Å². The maximum Gasteiger partial charge on any atom is 0.332 e. The van der Waals surface area contributed by atoms with E-state index >= 15 is 0 Å². The van der Waals surface area contributed by atoms with Crippen molar-refractivity contribution in [2.45, 2.75) is 12.5 Å². The fourth-order valence-electron chi connectivity index (χ4n) is 1.61. The van der Waals surface area contributed by atoms with Gasteiger partial charge in [-0.3, -0.25) is 4.79 Å². The first-order valence-corrected chi connectivity index (χ1v) is 5.91. The molecule has 1 atom stereocenters. The number of amides is 1. The van der Waals surface area contributed by atoms with Crippen molar-refractivity contribution in [1.82, 2.24) is 5.32 Å². The zero-order valence-corrected chi connectivity index (χ0v) is 11.3. The van der Waals surface area contributed by atoms with Crippen molar-refractivity contribution in [1.29, 1.82) is 0 Å². The van der Waals surface area contributed by atoms with Crippen molar-refractivity contribution in [3.8, 4) is 11.5 Å². The maximum atomic E-state index is 12.1. The lowest BCUT2D eigenvalue weighted by atomic mass is 10.1. The Balaban J connectivity index is 2.74. The SMILES string of the molecule is COc1cccc(OC)c1C(=O)NCC[C@H](O)C(=O)O. The molecule has 0 fully saturated rings. The molecule has 1 rings (SSSR count). The van der Waals surface area contributed by atoms with Crippen LogP contribution in [0.5, 0.6) is 11.5 Å². The topological polar surface area (TPSA) is 105 Å². The van der Waals surface area contributed by atoms with Gasteiger partial charge >= 0.3 is 5.97 Å². The number of hydrogen-bond donors (Lipinski definition) is 3. The molecule has 0 saturated carbocycles. The molecule has 0 aliphatic carbocycles. The van der Waals surface area contributed by atoms with Gasteiger partial charge in [0.2, 0.25) is 0 Å². The molecule has 0 aliphatic heterocycles. The molecule has 1 aromatic rings. The first-order chi connectivity index (χ1) is 9.51. The number of hydrogen-bond acceptors (Lipinski definition) is 5. The van der Waals surface area contributed by atoms with Crippen molar-refractivity contribution >= 4 is 11.9 Å². The number of benzene rings is 1. The van der Waals surface area contributed by atoms with Crippen LogP contribution in [-0.4, -0.2) is 49.0 Å². The Morgan fingerprint density at radius 2 is 1.80 bits per heavy atom. The number of nitrogens with one attached hydrogen (secondary N) is 1. The largest absolute Gasteiger partial charge is 0.496 e. The Bertz CT molecular complexity index is 465. The predicted molar refractivity (Wildman–Crippen MR) is 70.1 cm³/mol. The van der Waals surface area contributed by atoms with Gasteiger partial charge in [-0.25, -0.2) is 4.79 Å². The van der Waals surface area contributed by atoms with Crippen molar-refractivity contribution in [2.75, 3.05) is 20.8 Å². The molecular weight excluding hydrogens is 266 g/mol. The number of aliphatic carboxylic acids is 1. The van der Waals surface area contributed by atoms with Crippen LogP contribution in [0, 0.1) is 0 Å². The van der Waals surface area contributed by atoms with Gasteiger partial charge in [-0.15, -0.1) is 0 Å². The number of rotatable bonds is 7. The van der Waals surface area contributed by atoms with Crippen LogP contribution in [0.3, 0.4) is 0 Å². The van der Waals surface area contributed by atoms with E-state index in [2.05, 4.69) is 5.32 Å². The summed E-state index contributed by atoms with van der Waals surface area (Å²) >= 11 is 0. The van der Waals surface area contributed by atoms with Crippen LogP contribution in [0.4, 0.5) is 0 Å². The Hall–Kier alpha value is -2.28. The number of ether oxygens (including phenoxy) is 2. The molecule has 0 aromatic heterocycles. The number of carbonyl (C=O) groups excluding carboxylic acids is 1. The number of aliphatic hydroxyl groups excluding tert-OH is 1. The van der Waals surface area contributed by atoms with Crippen LogP contribution < -0.4 is 14.8 Å². The predicted octanol–water partition coefficient (Wildman–Crippen LogP) is 0.269. The Morgan fingerprint density at radius 1 is 1.25 bits per heavy atom. The number of carboxylic acids is 1. The van der Waals surface area contributed by atoms with Crippen LogP contribution in [0.15, 0.2) is 18.2 Å². The van der Waals surface area contributed by atoms with Gasteiger partial charge in [0.1, 0.15) is 17.1 Å². The summed E-state index contributed by atoms with van der Waals surface area (Å²) in [4.78, 5) is 22.5. The van der Waals surface area contributed by atoms with Crippen LogP contribution in [-0.2, 0) is 4.79 Å². The average molecular weight is 283 g/mol. The van der Waals surface area contributed by atoms with E-state index in [-0.39, 0.29) is 18.5 Å². The maximum absolute atomic E-state index is 12.1. The molecule has 0 bridgehead atoms. The van der Waals surface area contributed by atoms with E-state index in [0.29, 0.717) is 11.5 Å². The molecule has 0 radical (unpaired) electrons. The Labute approximate surface area is 116 Å². The highest BCUT2D eigenvalue weighted by molar-refractivity contribution is 5.99. The van der Waals surface area contributed by atoms with Gasteiger partial charge < -0.3 is 25.0 Å². The third-order valence-electron chi connectivity index (χ3n) is 2.64. The summed E-state index contributed by atoms with van der Waals surface area (Å²) in [6, 6.07) is 4.91. The quantitative estimate of drug-likeness (QED) is 0.663. The molecule has 1 aromatic carbocycles. The summed E-state index contributed by atoms with van der Waals surface area (Å²) in [5, 5.41) is 20.1. The Morgan fingerprint density at radius 3 is 2.25 bits per heavy atom. The molecule has 0 spiro atoms. The fourth-order valence-corrected chi connectivity index (χ4v) is 1.61. The van der Waals surface area contributed by atoms with E-state index in [1.807, 2.05) is 0 Å². The van der Waals surface area contributed by atoms with Crippen molar-refractivity contribution in [3.63, 3.8) is 0 Å². The van der Waals surface area contributed by atoms with Crippen LogP contribution in [0.25, 0.3) is 0 Å². The molecule has 0 aliphatic rings. The molecule has 1 amide bonds. The van der Waals surface area contributed by atoms with Crippen molar-refractivity contribution in [3.05, 3.63) is 23.8 Å². The van der Waals surface area contributed by atoms with E-state index < -0.39 is 18.0 Å². The standard InChI is InChI=1S/C13H17NO6/c1-19-9-4-3-5-10(20-2)11(9)12(16)14-7-6-8(15)13(17)18/h3-5,8,15H,6-7H2,1-2H3,(H,14,16)(H,17,18)/t8-/m0/s1. The highest BCUT2D eigenvalue weighted by atomic mass is 16.5. The van der Waals surface area contributed by atoms with Crippen molar-refractivity contribution in [2.24, 2.45) is 0 Å². The van der Waals surface area contributed by atoms with E-state index in [4.69, 9.17) is 19.7 Å². The summed E-state index contributed by atoms with van der Waals surface area (Å²) in [5.41, 5.74) is 0.224. The van der Waals surface area contributed by atoms with Gasteiger partial charge in [-0.1, -0.05) is 6.07 Å². The monoisotopic (exact) mass is 283 g/mol. The second-order valence-electron chi connectivity index (χ2n) is 3.94. The van der Waals surface area contributed by atoms with Crippen LogP contribution in [0.1, 0.15) is 16.8 Å². The molecular formula is C13H17NO6. The minimum absolute atomic E-state index is 0.0213. The summed E-state index contributed by atoms with van der Waals surface area (Å²) < 4.78 is 10.2. The lowest BCUT2D eigenvalue weighted by molar-refractivity contribution is -0.146. The number of methoxy groups -OCH3 is 2. The summed E-state index contributed by atoms with van der Waals surface area (Å²) in [6.45, 7) is 0.0213. The smallest absolute Gasteiger partial charge is 0.332 e. The summed E-state index contributed by atoms with van der Waals surface area (Å²) in [6.07, 6.45) is -1.59. The van der Waals surface area contributed by atoms with Gasteiger partial charge in [-0.2, -0.15) is 0 Å². The van der Waals surface area contributed by atoms with E-state index in [1.165, 1.54) is 14.2 Å². The molecule has 0 saturated heterocycles. The molecule has 7 heteroatoms. The molecule has 0 unspecified atom stereocenters. The third-order valence-corrected chi connectivity index (χ3v) is 2.64. The fraction of sp³-hybridized carbons (Fsp3) is 0.385. The minimum Gasteiger partial charge on any atom is -0.496 e. The van der Waals surface area contributed by atoms with Gasteiger partial charge in [0.25, 0.3) is 5.91 Å².